The SMILES string of the molecule is CCCCC(C)(C)C(OC(=O)/C=C\c1ccccc1)C(C)C(C)(C)C. The normalized spacial score (nSPS) is 15.2. The Bertz CT molecular complexity index is 549. The minimum absolute atomic E-state index is 0.0427. The first-order valence-electron chi connectivity index (χ1n) is 9.51. The average Bonchev–Trinajstić information content (AvgIpc) is 2.55. The fourth-order valence-corrected chi connectivity index (χ4v) is 3.06. The number of carbonyl (C=O) groups excluding carboxylic acids is 1. The Morgan fingerprint density at radius 3 is 2.24 bits per heavy atom. The van der Waals surface area contributed by atoms with E-state index in [1.54, 1.807) is 6.08 Å². The van der Waals surface area contributed by atoms with Crippen LogP contribution in [0.5, 0.6) is 0 Å². The lowest BCUT2D eigenvalue weighted by Crippen LogP contribution is -2.43. The molecule has 0 saturated heterocycles. The largest absolute Gasteiger partial charge is 0.458 e. The first-order valence-corrected chi connectivity index (χ1v) is 9.51. The highest BCUT2D eigenvalue weighted by Gasteiger charge is 2.40. The van der Waals surface area contributed by atoms with E-state index in [4.69, 9.17) is 4.74 Å². The van der Waals surface area contributed by atoms with Crippen LogP contribution < -0.4 is 0 Å². The Kier molecular flexibility index (Phi) is 7.92. The molecule has 0 heterocycles. The summed E-state index contributed by atoms with van der Waals surface area (Å²) in [6, 6.07) is 9.84. The predicted molar refractivity (Wildman–Crippen MR) is 107 cm³/mol. The Morgan fingerprint density at radius 2 is 1.72 bits per heavy atom. The van der Waals surface area contributed by atoms with Crippen molar-refractivity contribution in [2.24, 2.45) is 16.7 Å². The van der Waals surface area contributed by atoms with E-state index >= 15 is 0 Å². The van der Waals surface area contributed by atoms with Gasteiger partial charge in [0.2, 0.25) is 0 Å². The van der Waals surface area contributed by atoms with Gasteiger partial charge in [0.1, 0.15) is 6.10 Å². The van der Waals surface area contributed by atoms with Crippen molar-refractivity contribution in [1.82, 2.24) is 0 Å². The lowest BCUT2D eigenvalue weighted by atomic mass is 9.68. The smallest absolute Gasteiger partial charge is 0.331 e. The molecule has 0 fully saturated rings. The van der Waals surface area contributed by atoms with Gasteiger partial charge in [-0.2, -0.15) is 0 Å². The molecule has 1 aromatic carbocycles. The number of hydrogen-bond acceptors (Lipinski definition) is 2. The molecule has 1 aromatic rings. The van der Waals surface area contributed by atoms with E-state index in [9.17, 15) is 4.79 Å². The second-order valence-electron chi connectivity index (χ2n) is 8.85. The van der Waals surface area contributed by atoms with Crippen LogP contribution in [-0.4, -0.2) is 12.1 Å². The Hall–Kier alpha value is -1.57. The molecule has 25 heavy (non-hydrogen) atoms. The molecule has 2 atom stereocenters. The minimum atomic E-state index is -0.255. The molecule has 1 rings (SSSR count). The van der Waals surface area contributed by atoms with Gasteiger partial charge in [0, 0.05) is 11.5 Å². The van der Waals surface area contributed by atoms with Crippen molar-refractivity contribution in [2.45, 2.75) is 73.8 Å². The third-order valence-electron chi connectivity index (χ3n) is 5.22. The van der Waals surface area contributed by atoms with Crippen LogP contribution in [-0.2, 0) is 9.53 Å². The maximum absolute atomic E-state index is 12.5. The van der Waals surface area contributed by atoms with Crippen molar-refractivity contribution < 1.29 is 9.53 Å². The number of hydrogen-bond donors (Lipinski definition) is 0. The van der Waals surface area contributed by atoms with Crippen molar-refractivity contribution in [3.05, 3.63) is 42.0 Å². The fourth-order valence-electron chi connectivity index (χ4n) is 3.06. The standard InChI is InChI=1S/C23H36O2/c1-8-9-17-23(6,7)21(18(2)22(3,4)5)25-20(24)16-15-19-13-11-10-12-14-19/h10-16,18,21H,8-9,17H2,1-7H3/b16-15-. The lowest BCUT2D eigenvalue weighted by Gasteiger charge is -2.42. The quantitative estimate of drug-likeness (QED) is 0.397. The molecule has 2 nitrogen and oxygen atoms in total. The van der Waals surface area contributed by atoms with E-state index in [2.05, 4.69) is 48.5 Å². The maximum Gasteiger partial charge on any atom is 0.331 e. The number of unbranched alkanes of at least 4 members (excludes halogenated alkanes) is 1. The van der Waals surface area contributed by atoms with Crippen molar-refractivity contribution in [1.29, 1.82) is 0 Å². The molecule has 0 aliphatic rings. The number of benzene rings is 1. The van der Waals surface area contributed by atoms with E-state index in [1.807, 2.05) is 36.4 Å². The average molecular weight is 345 g/mol. The lowest BCUT2D eigenvalue weighted by molar-refractivity contribution is -0.157. The number of ether oxygens (including phenoxy) is 1. The van der Waals surface area contributed by atoms with Gasteiger partial charge < -0.3 is 4.74 Å². The second-order valence-corrected chi connectivity index (χ2v) is 8.85. The van der Waals surface area contributed by atoms with Crippen LogP contribution in [0.2, 0.25) is 0 Å². The van der Waals surface area contributed by atoms with Gasteiger partial charge in [0.25, 0.3) is 0 Å². The van der Waals surface area contributed by atoms with Crippen LogP contribution in [0.4, 0.5) is 0 Å². The van der Waals surface area contributed by atoms with Crippen molar-refractivity contribution in [3.8, 4) is 0 Å². The molecule has 140 valence electrons. The van der Waals surface area contributed by atoms with E-state index in [0.29, 0.717) is 0 Å². The van der Waals surface area contributed by atoms with Gasteiger partial charge in [-0.3, -0.25) is 0 Å². The van der Waals surface area contributed by atoms with Crippen molar-refractivity contribution in [2.75, 3.05) is 0 Å². The highest BCUT2D eigenvalue weighted by Crippen LogP contribution is 2.41. The third kappa shape index (κ3) is 7.05. The first-order chi connectivity index (χ1) is 11.6. The zero-order chi connectivity index (χ0) is 19.1. The second kappa shape index (κ2) is 9.22. The van der Waals surface area contributed by atoms with E-state index in [1.165, 1.54) is 0 Å². The third-order valence-corrected chi connectivity index (χ3v) is 5.22. The summed E-state index contributed by atoms with van der Waals surface area (Å²) in [5.41, 5.74) is 1.04. The molecule has 0 N–H and O–H groups in total. The summed E-state index contributed by atoms with van der Waals surface area (Å²) in [6.07, 6.45) is 6.63. The molecule has 0 amide bonds. The molecule has 0 aliphatic carbocycles. The molecular weight excluding hydrogens is 308 g/mol. The molecule has 2 unspecified atom stereocenters. The van der Waals surface area contributed by atoms with Crippen molar-refractivity contribution in [3.63, 3.8) is 0 Å². The molecule has 0 aliphatic heterocycles. The first kappa shape index (κ1) is 21.5. The maximum atomic E-state index is 12.5. The van der Waals surface area contributed by atoms with Gasteiger partial charge in [0.15, 0.2) is 0 Å². The summed E-state index contributed by atoms with van der Waals surface area (Å²) in [7, 11) is 0. The van der Waals surface area contributed by atoms with Gasteiger partial charge in [-0.15, -0.1) is 0 Å². The monoisotopic (exact) mass is 344 g/mol. The van der Waals surface area contributed by atoms with Gasteiger partial charge in [-0.05, 0) is 29.4 Å². The van der Waals surface area contributed by atoms with Crippen molar-refractivity contribution >= 4 is 12.0 Å². The van der Waals surface area contributed by atoms with Crippen LogP contribution in [0.1, 0.15) is 73.3 Å². The summed E-state index contributed by atoms with van der Waals surface area (Å²) in [4.78, 5) is 12.5. The van der Waals surface area contributed by atoms with Gasteiger partial charge in [-0.1, -0.05) is 91.6 Å². The van der Waals surface area contributed by atoms with Gasteiger partial charge in [-0.25, -0.2) is 4.79 Å². The van der Waals surface area contributed by atoms with Gasteiger partial charge in [0.05, 0.1) is 0 Å². The molecule has 0 spiro atoms. The Labute approximate surface area is 154 Å². The zero-order valence-electron chi connectivity index (χ0n) is 17.1. The van der Waals surface area contributed by atoms with Crippen LogP contribution in [0, 0.1) is 16.7 Å². The molecule has 2 heteroatoms. The molecule has 0 aromatic heterocycles. The Balaban J connectivity index is 2.92. The van der Waals surface area contributed by atoms with E-state index in [0.717, 1.165) is 24.8 Å². The summed E-state index contributed by atoms with van der Waals surface area (Å²) in [5, 5.41) is 0. The van der Waals surface area contributed by atoms with Crippen LogP contribution in [0.3, 0.4) is 0 Å². The summed E-state index contributed by atoms with van der Waals surface area (Å²) >= 11 is 0. The number of rotatable bonds is 8. The highest BCUT2D eigenvalue weighted by atomic mass is 16.5. The molecule has 0 radical (unpaired) electrons. The number of esters is 1. The fraction of sp³-hybridized carbons (Fsp3) is 0.609. The topological polar surface area (TPSA) is 26.3 Å². The van der Waals surface area contributed by atoms with Crippen LogP contribution >= 0.6 is 0 Å². The zero-order valence-corrected chi connectivity index (χ0v) is 17.1. The highest BCUT2D eigenvalue weighted by molar-refractivity contribution is 5.87. The number of carbonyl (C=O) groups is 1. The van der Waals surface area contributed by atoms with Crippen LogP contribution in [0.15, 0.2) is 36.4 Å². The van der Waals surface area contributed by atoms with E-state index in [-0.39, 0.29) is 28.8 Å². The van der Waals surface area contributed by atoms with E-state index < -0.39 is 0 Å². The van der Waals surface area contributed by atoms with Gasteiger partial charge >= 0.3 is 5.97 Å². The predicted octanol–water partition coefficient (Wildman–Crippen LogP) is 6.51. The summed E-state index contributed by atoms with van der Waals surface area (Å²) in [6.45, 7) is 15.5. The molecule has 0 bridgehead atoms. The summed E-state index contributed by atoms with van der Waals surface area (Å²) < 4.78 is 6.00. The minimum Gasteiger partial charge on any atom is -0.458 e. The molecular formula is C23H36O2. The molecule has 0 saturated carbocycles. The Morgan fingerprint density at radius 1 is 1.12 bits per heavy atom. The van der Waals surface area contributed by atoms with Crippen LogP contribution in [0.25, 0.3) is 6.08 Å². The summed E-state index contributed by atoms with van der Waals surface area (Å²) in [5.74, 6) is 0.0166.